The van der Waals surface area contributed by atoms with Crippen molar-refractivity contribution in [3.63, 3.8) is 0 Å². The van der Waals surface area contributed by atoms with Crippen molar-refractivity contribution in [2.24, 2.45) is 12.5 Å². The van der Waals surface area contributed by atoms with Crippen molar-refractivity contribution in [3.05, 3.63) is 54.0 Å². The summed E-state index contributed by atoms with van der Waals surface area (Å²) in [7, 11) is 1.76. The van der Waals surface area contributed by atoms with E-state index in [-0.39, 0.29) is 23.0 Å². The lowest BCUT2D eigenvalue weighted by molar-refractivity contribution is -0.0420. The first-order valence-corrected chi connectivity index (χ1v) is 12.6. The number of carbonyl (C=O) groups is 1. The third kappa shape index (κ3) is 6.11. The second-order valence-corrected chi connectivity index (χ2v) is 11.3. The maximum atomic E-state index is 12.6. The summed E-state index contributed by atoms with van der Waals surface area (Å²) in [4.78, 5) is 17.3. The van der Waals surface area contributed by atoms with Crippen molar-refractivity contribution in [2.45, 2.75) is 83.1 Å². The van der Waals surface area contributed by atoms with Gasteiger partial charge in [0.05, 0.1) is 12.1 Å². The van der Waals surface area contributed by atoms with Crippen LogP contribution in [0.2, 0.25) is 0 Å². The number of nitrogens with zero attached hydrogens (tertiary/aromatic N) is 3. The number of aryl methyl sites for hydroxylation is 1. The minimum absolute atomic E-state index is 0.0250. The molecule has 2 aromatic heterocycles. The van der Waals surface area contributed by atoms with Crippen molar-refractivity contribution in [2.75, 3.05) is 6.54 Å². The zero-order valence-corrected chi connectivity index (χ0v) is 21.4. The molecule has 2 aromatic rings. The Kier molecular flexibility index (Phi) is 7.33. The van der Waals surface area contributed by atoms with E-state index >= 15 is 0 Å². The Balaban J connectivity index is 1.47. The Labute approximate surface area is 208 Å². The van der Waals surface area contributed by atoms with E-state index in [1.807, 2.05) is 6.20 Å². The first-order chi connectivity index (χ1) is 16.6. The van der Waals surface area contributed by atoms with Crippen molar-refractivity contribution in [1.29, 1.82) is 0 Å². The van der Waals surface area contributed by atoms with Gasteiger partial charge in [-0.3, -0.25) is 9.48 Å². The maximum Gasteiger partial charge on any atom is 0.272 e. The smallest absolute Gasteiger partial charge is 0.272 e. The fourth-order valence-corrected chi connectivity index (χ4v) is 5.02. The van der Waals surface area contributed by atoms with Gasteiger partial charge in [0.1, 0.15) is 11.3 Å². The summed E-state index contributed by atoms with van der Waals surface area (Å²) in [6.45, 7) is 10.8. The summed E-state index contributed by atoms with van der Waals surface area (Å²) in [5.74, 6) is 0.393. The first-order valence-electron chi connectivity index (χ1n) is 12.6. The zero-order valence-electron chi connectivity index (χ0n) is 21.4. The predicted molar refractivity (Wildman–Crippen MR) is 135 cm³/mol. The summed E-state index contributed by atoms with van der Waals surface area (Å²) in [6.07, 6.45) is 10.00. The van der Waals surface area contributed by atoms with Crippen LogP contribution in [0.4, 0.5) is 0 Å². The monoisotopic (exact) mass is 481 g/mol. The quantitative estimate of drug-likeness (QED) is 0.474. The van der Waals surface area contributed by atoms with Gasteiger partial charge in [-0.15, -0.1) is 6.58 Å². The van der Waals surface area contributed by atoms with Gasteiger partial charge in [0.15, 0.2) is 0 Å². The number of nitrogens with one attached hydrogen (secondary N) is 2. The van der Waals surface area contributed by atoms with Crippen molar-refractivity contribution < 1.29 is 14.6 Å². The highest BCUT2D eigenvalue weighted by atomic mass is 16.5. The molecule has 3 atom stereocenters. The molecule has 1 aliphatic carbocycles. The third-order valence-corrected chi connectivity index (χ3v) is 6.92. The van der Waals surface area contributed by atoms with Crippen LogP contribution < -0.4 is 15.4 Å². The molecule has 3 heterocycles. The van der Waals surface area contributed by atoms with Crippen molar-refractivity contribution in [3.8, 4) is 5.88 Å². The number of carbonyl (C=O) groups excluding carboxylic acids is 1. The highest BCUT2D eigenvalue weighted by Gasteiger charge is 2.46. The molecule has 0 unspecified atom stereocenters. The number of pyridine rings is 1. The summed E-state index contributed by atoms with van der Waals surface area (Å²) in [5.41, 5.74) is 2.55. The van der Waals surface area contributed by atoms with Crippen LogP contribution in [0.3, 0.4) is 0 Å². The third-order valence-electron chi connectivity index (χ3n) is 6.92. The number of hydrogen-bond acceptors (Lipinski definition) is 6. The lowest BCUT2D eigenvalue weighted by Gasteiger charge is -2.47. The normalized spacial score (nSPS) is 20.3. The lowest BCUT2D eigenvalue weighted by Crippen LogP contribution is -2.52. The van der Waals surface area contributed by atoms with Gasteiger partial charge < -0.3 is 20.5 Å². The molecule has 1 saturated carbocycles. The van der Waals surface area contributed by atoms with Crippen LogP contribution in [0.5, 0.6) is 5.88 Å². The van der Waals surface area contributed by atoms with Gasteiger partial charge in [-0.2, -0.15) is 5.10 Å². The molecule has 2 aliphatic rings. The number of aromatic nitrogens is 3. The number of fused-ring (bicyclic) bond motifs is 1. The SMILES string of the molecule is C=CC[C@H](NC(=O)c1ccn(C)n1)[C@H](O)CN[C@H]1CC2(CCC2)Oc2ncc(CC(C)(C)C)cc21. The van der Waals surface area contributed by atoms with E-state index in [9.17, 15) is 9.90 Å². The van der Waals surface area contributed by atoms with Crippen LogP contribution in [-0.4, -0.2) is 50.1 Å². The largest absolute Gasteiger partial charge is 0.471 e. The Morgan fingerprint density at radius 3 is 2.80 bits per heavy atom. The molecule has 1 fully saturated rings. The fourth-order valence-electron chi connectivity index (χ4n) is 5.02. The second kappa shape index (κ2) is 10.1. The second-order valence-electron chi connectivity index (χ2n) is 11.3. The molecule has 4 rings (SSSR count). The van der Waals surface area contributed by atoms with Gasteiger partial charge in [0, 0.05) is 44.0 Å². The lowest BCUT2D eigenvalue weighted by atomic mass is 9.73. The summed E-state index contributed by atoms with van der Waals surface area (Å²) in [6, 6.07) is 3.41. The Morgan fingerprint density at radius 2 is 2.20 bits per heavy atom. The zero-order chi connectivity index (χ0) is 25.2. The molecule has 3 N–H and O–H groups in total. The van der Waals surface area contributed by atoms with Gasteiger partial charge in [-0.05, 0) is 55.2 Å². The van der Waals surface area contributed by atoms with Crippen molar-refractivity contribution in [1.82, 2.24) is 25.4 Å². The minimum atomic E-state index is -0.796. The van der Waals surface area contributed by atoms with E-state index in [2.05, 4.69) is 49.1 Å². The number of aliphatic hydroxyl groups excluding tert-OH is 1. The molecule has 190 valence electrons. The number of amides is 1. The first kappa shape index (κ1) is 25.4. The molecule has 0 bridgehead atoms. The van der Waals surface area contributed by atoms with E-state index in [1.165, 1.54) is 5.56 Å². The van der Waals surface area contributed by atoms with Crippen LogP contribution in [0.15, 0.2) is 37.2 Å². The molecule has 8 heteroatoms. The van der Waals surface area contributed by atoms with E-state index in [0.29, 0.717) is 24.5 Å². The van der Waals surface area contributed by atoms with Crippen LogP contribution in [0.1, 0.15) is 80.5 Å². The van der Waals surface area contributed by atoms with E-state index in [1.54, 1.807) is 30.1 Å². The minimum Gasteiger partial charge on any atom is -0.471 e. The van der Waals surface area contributed by atoms with E-state index in [4.69, 9.17) is 9.72 Å². The van der Waals surface area contributed by atoms with Crippen LogP contribution >= 0.6 is 0 Å². The molecule has 0 radical (unpaired) electrons. The Hall–Kier alpha value is -2.71. The molecular weight excluding hydrogens is 442 g/mol. The highest BCUT2D eigenvalue weighted by Crippen LogP contribution is 2.48. The maximum absolute atomic E-state index is 12.6. The topological polar surface area (TPSA) is 101 Å². The number of hydrogen-bond donors (Lipinski definition) is 3. The molecule has 8 nitrogen and oxygen atoms in total. The summed E-state index contributed by atoms with van der Waals surface area (Å²) < 4.78 is 7.95. The Bertz CT molecular complexity index is 1050. The summed E-state index contributed by atoms with van der Waals surface area (Å²) >= 11 is 0. The average molecular weight is 482 g/mol. The molecular formula is C27H39N5O3. The number of rotatable bonds is 9. The van der Waals surface area contributed by atoms with Crippen LogP contribution in [-0.2, 0) is 13.5 Å². The standard InChI is InChI=1S/C27H39N5O3/c1-6-8-20(30-24(34)21-9-12-32(5)31-21)23(33)17-28-22-15-27(10-7-11-27)35-25-19(22)13-18(16-29-25)14-26(2,3)4/h6,9,12-13,16,20,22-23,28,33H,1,7-8,10-11,14-15,17H2,2-5H3,(H,30,34)/t20-,22-,23+/m0/s1. The van der Waals surface area contributed by atoms with E-state index < -0.39 is 12.1 Å². The molecule has 0 aromatic carbocycles. The molecule has 1 amide bonds. The predicted octanol–water partition coefficient (Wildman–Crippen LogP) is 3.48. The fraction of sp³-hybridized carbons (Fsp3) is 0.593. The van der Waals surface area contributed by atoms with Crippen LogP contribution in [0.25, 0.3) is 0 Å². The van der Waals surface area contributed by atoms with E-state index in [0.717, 1.165) is 37.7 Å². The highest BCUT2D eigenvalue weighted by molar-refractivity contribution is 5.92. The molecule has 1 aliphatic heterocycles. The van der Waals surface area contributed by atoms with Gasteiger partial charge in [-0.1, -0.05) is 26.8 Å². The van der Waals surface area contributed by atoms with Crippen LogP contribution in [0, 0.1) is 5.41 Å². The number of ether oxygens (including phenoxy) is 1. The van der Waals surface area contributed by atoms with Gasteiger partial charge in [0.2, 0.25) is 5.88 Å². The molecule has 35 heavy (non-hydrogen) atoms. The van der Waals surface area contributed by atoms with Crippen molar-refractivity contribution >= 4 is 5.91 Å². The van der Waals surface area contributed by atoms with Gasteiger partial charge in [-0.25, -0.2) is 4.98 Å². The van der Waals surface area contributed by atoms with Gasteiger partial charge >= 0.3 is 0 Å². The van der Waals surface area contributed by atoms with Gasteiger partial charge in [0.25, 0.3) is 5.91 Å². The number of aliphatic hydroxyl groups is 1. The molecule has 1 spiro atoms. The summed E-state index contributed by atoms with van der Waals surface area (Å²) in [5, 5.41) is 21.7. The Morgan fingerprint density at radius 1 is 1.43 bits per heavy atom. The molecule has 0 saturated heterocycles. The average Bonchev–Trinajstić information content (AvgIpc) is 3.21.